The van der Waals surface area contributed by atoms with Crippen LogP contribution in [0.1, 0.15) is 86.6 Å². The van der Waals surface area contributed by atoms with Crippen molar-refractivity contribution in [2.45, 2.75) is 112 Å². The molecule has 2 saturated carbocycles. The number of piperidine rings is 1. The number of hydrogen-bond acceptors (Lipinski definition) is 6. The van der Waals surface area contributed by atoms with Crippen LogP contribution in [-0.2, 0) is 30.4 Å². The van der Waals surface area contributed by atoms with Crippen LogP contribution in [0.2, 0.25) is 0 Å². The summed E-state index contributed by atoms with van der Waals surface area (Å²) >= 11 is 0. The minimum absolute atomic E-state index is 0.0301. The number of carbonyl (C=O) groups excluding carboxylic acids is 6. The molecular formula is C36H55N5O6. The van der Waals surface area contributed by atoms with E-state index in [2.05, 4.69) is 36.7 Å². The van der Waals surface area contributed by atoms with E-state index in [9.17, 15) is 28.8 Å². The van der Waals surface area contributed by atoms with Crippen LogP contribution >= 0.6 is 0 Å². The Morgan fingerprint density at radius 2 is 1.68 bits per heavy atom. The summed E-state index contributed by atoms with van der Waals surface area (Å²) in [6.07, 6.45) is 4.46. The van der Waals surface area contributed by atoms with Gasteiger partial charge in [0.25, 0.3) is 5.91 Å². The number of benzene rings is 1. The minimum atomic E-state index is -0.986. The monoisotopic (exact) mass is 653 g/mol. The van der Waals surface area contributed by atoms with Crippen molar-refractivity contribution < 1.29 is 28.8 Å². The second kappa shape index (κ2) is 15.4. The van der Waals surface area contributed by atoms with Gasteiger partial charge in [-0.05, 0) is 53.4 Å². The van der Waals surface area contributed by atoms with Crippen molar-refractivity contribution in [2.24, 2.45) is 40.2 Å². The molecule has 1 heterocycles. The maximum absolute atomic E-state index is 13.6. The molecule has 7 atom stereocenters. The van der Waals surface area contributed by atoms with Gasteiger partial charge in [0.1, 0.15) is 6.04 Å². The van der Waals surface area contributed by atoms with E-state index in [1.54, 1.807) is 0 Å². The highest BCUT2D eigenvalue weighted by Gasteiger charge is 2.68. The molecule has 0 aromatic heterocycles. The molecule has 1 saturated heterocycles. The number of primary amides is 1. The first-order valence-electron chi connectivity index (χ1n) is 16.9. The summed E-state index contributed by atoms with van der Waals surface area (Å²) in [5, 5.41) is 8.10. The summed E-state index contributed by atoms with van der Waals surface area (Å²) < 4.78 is 0. The lowest BCUT2D eigenvalue weighted by Gasteiger charge is -2.37. The van der Waals surface area contributed by atoms with Gasteiger partial charge in [0, 0.05) is 19.0 Å². The summed E-state index contributed by atoms with van der Waals surface area (Å²) in [5.74, 6) is -0.286. The Kier molecular flexibility index (Phi) is 12.4. The highest BCUT2D eigenvalue weighted by molar-refractivity contribution is 6.37. The van der Waals surface area contributed by atoms with E-state index in [0.717, 1.165) is 31.4 Å². The van der Waals surface area contributed by atoms with E-state index in [1.165, 1.54) is 0 Å². The average molecular weight is 654 g/mol. The molecule has 11 nitrogen and oxygen atoms in total. The van der Waals surface area contributed by atoms with E-state index >= 15 is 0 Å². The number of hydrogen-bond donors (Lipinski definition) is 4. The maximum atomic E-state index is 13.6. The largest absolute Gasteiger partial charge is 0.363 e. The van der Waals surface area contributed by atoms with Crippen LogP contribution in [0.3, 0.4) is 0 Å². The molecule has 260 valence electrons. The van der Waals surface area contributed by atoms with Crippen molar-refractivity contribution in [2.75, 3.05) is 6.54 Å². The summed E-state index contributed by atoms with van der Waals surface area (Å²) in [6.45, 7) is 17.2. The SMILES string of the molecule is CCC1(C)C2CN(C(=O)C(NC(=O)NC(C(=O)Cc3ccccc3)C(C)C)C(C)(C)C)[C@H](C)C21.NC(=O)C(=O)C(CC1CC1)NC=O. The maximum Gasteiger partial charge on any atom is 0.316 e. The number of ketones is 2. The number of urea groups is 1. The zero-order valence-corrected chi connectivity index (χ0v) is 29.3. The Morgan fingerprint density at radius 3 is 2.13 bits per heavy atom. The van der Waals surface area contributed by atoms with Crippen molar-refractivity contribution in [1.29, 1.82) is 0 Å². The first-order chi connectivity index (χ1) is 22.0. The van der Waals surface area contributed by atoms with Crippen LogP contribution < -0.4 is 21.7 Å². The predicted octanol–water partition coefficient (Wildman–Crippen LogP) is 3.39. The average Bonchev–Trinajstić information content (AvgIpc) is 3.89. The smallest absolute Gasteiger partial charge is 0.316 e. The van der Waals surface area contributed by atoms with Gasteiger partial charge in [-0.2, -0.15) is 0 Å². The third-order valence-corrected chi connectivity index (χ3v) is 10.4. The minimum Gasteiger partial charge on any atom is -0.363 e. The standard InChI is InChI=1S/C28H43N3O3.C8H12N2O3/c1-9-28(8)20-16-31(18(4)22(20)28)25(33)24(27(5,6)7)30-26(34)29-23(17(2)3)21(32)15-19-13-11-10-12-14-19;9-8(13)7(12)6(10-4-11)3-5-1-2-5/h10-14,17-18,20,22-24H,9,15-16H2,1-8H3,(H2,29,30,34);4-6H,1-3H2,(H2,9,13)(H,10,11)/t18-,20?,22?,23?,24?,28?;/m1./s1. The Hall–Kier alpha value is -3.76. The molecular weight excluding hydrogens is 598 g/mol. The van der Waals surface area contributed by atoms with Crippen LogP contribution in [0, 0.1) is 34.5 Å². The van der Waals surface area contributed by atoms with E-state index < -0.39 is 41.3 Å². The number of amides is 5. The van der Waals surface area contributed by atoms with Crippen LogP contribution in [-0.4, -0.2) is 71.4 Å². The lowest BCUT2D eigenvalue weighted by atomic mass is 9.85. The number of Topliss-reactive ketones (excluding diaryl/α,β-unsaturated/α-hetero) is 2. The van der Waals surface area contributed by atoms with Gasteiger partial charge in [0.2, 0.25) is 18.1 Å². The van der Waals surface area contributed by atoms with Gasteiger partial charge in [-0.25, -0.2) is 4.79 Å². The fourth-order valence-electron chi connectivity index (χ4n) is 7.12. The summed E-state index contributed by atoms with van der Waals surface area (Å²) in [4.78, 5) is 73.4. The second-order valence-electron chi connectivity index (χ2n) is 15.2. The molecule has 6 unspecified atom stereocenters. The zero-order chi connectivity index (χ0) is 35.3. The number of fused-ring (bicyclic) bond motifs is 1. The van der Waals surface area contributed by atoms with Crippen LogP contribution in [0.5, 0.6) is 0 Å². The van der Waals surface area contributed by atoms with Gasteiger partial charge in [-0.1, -0.05) is 98.1 Å². The molecule has 0 radical (unpaired) electrons. The van der Waals surface area contributed by atoms with Crippen molar-refractivity contribution in [3.8, 4) is 0 Å². The number of rotatable bonds is 14. The first kappa shape index (κ1) is 37.7. The fourth-order valence-corrected chi connectivity index (χ4v) is 7.12. The third kappa shape index (κ3) is 9.41. The number of carbonyl (C=O) groups is 6. The Morgan fingerprint density at radius 1 is 1.06 bits per heavy atom. The summed E-state index contributed by atoms with van der Waals surface area (Å²) in [5.41, 5.74) is 5.61. The molecule has 5 N–H and O–H groups in total. The van der Waals surface area contributed by atoms with Crippen LogP contribution in [0.4, 0.5) is 4.79 Å². The van der Waals surface area contributed by atoms with Crippen LogP contribution in [0.15, 0.2) is 30.3 Å². The molecule has 0 bridgehead atoms. The van der Waals surface area contributed by atoms with Crippen molar-refractivity contribution in [1.82, 2.24) is 20.9 Å². The Balaban J connectivity index is 0.000000386. The van der Waals surface area contributed by atoms with Gasteiger partial charge in [-0.3, -0.25) is 24.0 Å². The zero-order valence-electron chi connectivity index (χ0n) is 29.3. The van der Waals surface area contributed by atoms with Gasteiger partial charge in [-0.15, -0.1) is 0 Å². The molecule has 2 aliphatic carbocycles. The van der Waals surface area contributed by atoms with Gasteiger partial charge in [0.15, 0.2) is 5.78 Å². The molecule has 3 fully saturated rings. The highest BCUT2D eigenvalue weighted by atomic mass is 16.2. The first-order valence-corrected chi connectivity index (χ1v) is 16.9. The van der Waals surface area contributed by atoms with Crippen LogP contribution in [0.25, 0.3) is 0 Å². The number of nitrogens with zero attached hydrogens (tertiary/aromatic N) is 1. The summed E-state index contributed by atoms with van der Waals surface area (Å²) in [6, 6.07) is 7.23. The normalized spacial score (nSPS) is 24.9. The number of nitrogens with two attached hydrogens (primary N) is 1. The van der Waals surface area contributed by atoms with Crippen molar-refractivity contribution in [3.63, 3.8) is 0 Å². The van der Waals surface area contributed by atoms with E-state index in [0.29, 0.717) is 36.0 Å². The highest BCUT2D eigenvalue weighted by Crippen LogP contribution is 2.66. The van der Waals surface area contributed by atoms with E-state index in [-0.39, 0.29) is 30.1 Å². The third-order valence-electron chi connectivity index (χ3n) is 10.4. The van der Waals surface area contributed by atoms with Crippen molar-refractivity contribution in [3.05, 3.63) is 35.9 Å². The Labute approximate surface area is 279 Å². The molecule has 1 aliphatic heterocycles. The summed E-state index contributed by atoms with van der Waals surface area (Å²) in [7, 11) is 0. The van der Waals surface area contributed by atoms with Gasteiger partial charge in [0.05, 0.1) is 12.1 Å². The molecule has 1 aromatic rings. The molecule has 3 aliphatic rings. The number of likely N-dealkylation sites (tertiary alicyclic amines) is 1. The molecule has 1 aromatic carbocycles. The fraction of sp³-hybridized carbons (Fsp3) is 0.667. The van der Waals surface area contributed by atoms with Crippen molar-refractivity contribution >= 4 is 35.8 Å². The molecule has 47 heavy (non-hydrogen) atoms. The molecule has 11 heteroatoms. The van der Waals surface area contributed by atoms with Gasteiger partial charge >= 0.3 is 6.03 Å². The van der Waals surface area contributed by atoms with Gasteiger partial charge < -0.3 is 26.6 Å². The second-order valence-corrected chi connectivity index (χ2v) is 15.2. The van der Waals surface area contributed by atoms with E-state index in [1.807, 2.05) is 69.9 Å². The lowest BCUT2D eigenvalue weighted by molar-refractivity contribution is -0.137. The topological polar surface area (TPSA) is 168 Å². The molecule has 4 rings (SSSR count). The Bertz CT molecular complexity index is 1310. The van der Waals surface area contributed by atoms with E-state index in [4.69, 9.17) is 5.73 Å². The lowest BCUT2D eigenvalue weighted by Crippen LogP contribution is -2.60. The quantitative estimate of drug-likeness (QED) is 0.177. The molecule has 0 spiro atoms. The number of nitrogens with one attached hydrogen (secondary N) is 3. The predicted molar refractivity (Wildman–Crippen MR) is 180 cm³/mol. The molecule has 5 amide bonds.